The van der Waals surface area contributed by atoms with Crippen molar-refractivity contribution in [3.05, 3.63) is 27.7 Å². The van der Waals surface area contributed by atoms with E-state index in [0.717, 1.165) is 18.5 Å². The summed E-state index contributed by atoms with van der Waals surface area (Å²) in [6.07, 6.45) is 1.81. The van der Waals surface area contributed by atoms with E-state index in [4.69, 9.17) is 0 Å². The molecular weight excluding hydrogens is 228 g/mol. The Morgan fingerprint density at radius 3 is 2.61 bits per heavy atom. The highest BCUT2D eigenvalue weighted by molar-refractivity contribution is 6.00. The summed E-state index contributed by atoms with van der Waals surface area (Å²) in [6.45, 7) is 9.00. The minimum Gasteiger partial charge on any atom is -0.507 e. The highest BCUT2D eigenvalue weighted by Gasteiger charge is 2.14. The molecule has 0 fully saturated rings. The second-order valence-corrected chi connectivity index (χ2v) is 4.47. The van der Waals surface area contributed by atoms with Crippen LogP contribution in [0.1, 0.15) is 44.9 Å². The molecule has 1 heterocycles. The standard InChI is InChI=1S/C14H22N2O2/c1-5-7-15-11(4)13-12(17)9-10(3)16(8-6-2)14(13)18/h9,17H,5-8H2,1-4H3. The molecule has 0 aliphatic carbocycles. The monoisotopic (exact) mass is 250 g/mol. The van der Waals surface area contributed by atoms with E-state index in [9.17, 15) is 9.90 Å². The van der Waals surface area contributed by atoms with Gasteiger partial charge in [-0.25, -0.2) is 0 Å². The zero-order chi connectivity index (χ0) is 13.7. The lowest BCUT2D eigenvalue weighted by molar-refractivity contribution is 0.467. The Hall–Kier alpha value is -1.58. The summed E-state index contributed by atoms with van der Waals surface area (Å²) in [5.41, 5.74) is 1.59. The molecule has 0 spiro atoms. The minimum absolute atomic E-state index is 0.0298. The molecule has 4 heteroatoms. The first-order valence-electron chi connectivity index (χ1n) is 6.47. The fraction of sp³-hybridized carbons (Fsp3) is 0.571. The molecule has 0 atom stereocenters. The van der Waals surface area contributed by atoms with Gasteiger partial charge in [-0.05, 0) is 26.7 Å². The first kappa shape index (κ1) is 14.5. The van der Waals surface area contributed by atoms with Crippen LogP contribution in [0.4, 0.5) is 0 Å². The minimum atomic E-state index is -0.147. The molecule has 0 bridgehead atoms. The van der Waals surface area contributed by atoms with Crippen LogP contribution in [0.15, 0.2) is 15.9 Å². The highest BCUT2D eigenvalue weighted by atomic mass is 16.3. The summed E-state index contributed by atoms with van der Waals surface area (Å²) in [5, 5.41) is 9.94. The van der Waals surface area contributed by atoms with Gasteiger partial charge in [0.1, 0.15) is 11.3 Å². The van der Waals surface area contributed by atoms with Crippen molar-refractivity contribution in [3.8, 4) is 5.75 Å². The number of hydrogen-bond donors (Lipinski definition) is 1. The molecule has 0 aliphatic rings. The van der Waals surface area contributed by atoms with Gasteiger partial charge in [-0.2, -0.15) is 0 Å². The van der Waals surface area contributed by atoms with Gasteiger partial charge in [0.15, 0.2) is 0 Å². The molecule has 100 valence electrons. The third kappa shape index (κ3) is 3.00. The van der Waals surface area contributed by atoms with Crippen molar-refractivity contribution in [2.24, 2.45) is 4.99 Å². The van der Waals surface area contributed by atoms with Crippen LogP contribution < -0.4 is 5.56 Å². The van der Waals surface area contributed by atoms with Gasteiger partial charge in [-0.1, -0.05) is 13.8 Å². The Kier molecular flexibility index (Phi) is 5.13. The lowest BCUT2D eigenvalue weighted by Crippen LogP contribution is -2.27. The maximum absolute atomic E-state index is 12.3. The fourth-order valence-corrected chi connectivity index (χ4v) is 1.95. The van der Waals surface area contributed by atoms with E-state index in [1.807, 2.05) is 20.8 Å². The molecule has 1 aromatic heterocycles. The zero-order valence-corrected chi connectivity index (χ0v) is 11.7. The van der Waals surface area contributed by atoms with Gasteiger partial charge in [0.05, 0.1) is 0 Å². The summed E-state index contributed by atoms with van der Waals surface area (Å²) >= 11 is 0. The van der Waals surface area contributed by atoms with Crippen LogP contribution in [0.25, 0.3) is 0 Å². The van der Waals surface area contributed by atoms with Gasteiger partial charge in [0.25, 0.3) is 5.56 Å². The maximum atomic E-state index is 12.3. The van der Waals surface area contributed by atoms with Crippen LogP contribution in [0.5, 0.6) is 5.75 Å². The van der Waals surface area contributed by atoms with E-state index in [0.29, 0.717) is 24.4 Å². The molecule has 0 amide bonds. The van der Waals surface area contributed by atoms with Gasteiger partial charge in [-0.15, -0.1) is 0 Å². The molecule has 4 nitrogen and oxygen atoms in total. The summed E-state index contributed by atoms with van der Waals surface area (Å²) in [4.78, 5) is 16.6. The van der Waals surface area contributed by atoms with Crippen molar-refractivity contribution in [1.29, 1.82) is 0 Å². The summed E-state index contributed by atoms with van der Waals surface area (Å²) < 4.78 is 1.69. The second kappa shape index (κ2) is 6.38. The Balaban J connectivity index is 3.36. The smallest absolute Gasteiger partial charge is 0.263 e. The van der Waals surface area contributed by atoms with E-state index in [1.54, 1.807) is 17.6 Å². The van der Waals surface area contributed by atoms with E-state index in [1.165, 1.54) is 0 Å². The van der Waals surface area contributed by atoms with Crippen molar-refractivity contribution in [2.75, 3.05) is 6.54 Å². The Morgan fingerprint density at radius 1 is 1.39 bits per heavy atom. The fourth-order valence-electron chi connectivity index (χ4n) is 1.95. The van der Waals surface area contributed by atoms with Crippen LogP contribution >= 0.6 is 0 Å². The molecule has 18 heavy (non-hydrogen) atoms. The topological polar surface area (TPSA) is 54.6 Å². The van der Waals surface area contributed by atoms with E-state index in [-0.39, 0.29) is 11.3 Å². The number of rotatable bonds is 5. The Morgan fingerprint density at radius 2 is 2.06 bits per heavy atom. The highest BCUT2D eigenvalue weighted by Crippen LogP contribution is 2.16. The van der Waals surface area contributed by atoms with E-state index < -0.39 is 0 Å². The molecule has 0 unspecified atom stereocenters. The first-order chi connectivity index (χ1) is 8.52. The number of pyridine rings is 1. The molecule has 0 aliphatic heterocycles. The molecule has 1 aromatic rings. The number of hydrogen-bond acceptors (Lipinski definition) is 3. The van der Waals surface area contributed by atoms with Crippen LogP contribution in [0.2, 0.25) is 0 Å². The molecule has 1 N–H and O–H groups in total. The third-order valence-corrected chi connectivity index (χ3v) is 2.87. The van der Waals surface area contributed by atoms with E-state index >= 15 is 0 Å². The van der Waals surface area contributed by atoms with Gasteiger partial charge in [0, 0.05) is 30.6 Å². The summed E-state index contributed by atoms with van der Waals surface area (Å²) in [6, 6.07) is 1.64. The van der Waals surface area contributed by atoms with E-state index in [2.05, 4.69) is 4.99 Å². The van der Waals surface area contributed by atoms with Gasteiger partial charge >= 0.3 is 0 Å². The number of aryl methyl sites for hydroxylation is 1. The lowest BCUT2D eigenvalue weighted by atomic mass is 10.1. The van der Waals surface area contributed by atoms with Gasteiger partial charge in [-0.3, -0.25) is 9.79 Å². The van der Waals surface area contributed by atoms with Crippen LogP contribution in [-0.4, -0.2) is 21.9 Å². The molecule has 0 saturated carbocycles. The van der Waals surface area contributed by atoms with Crippen molar-refractivity contribution < 1.29 is 5.11 Å². The predicted octanol–water partition coefficient (Wildman–Crippen LogP) is 2.49. The first-order valence-corrected chi connectivity index (χ1v) is 6.47. The molecule has 1 rings (SSSR count). The lowest BCUT2D eigenvalue weighted by Gasteiger charge is -2.12. The second-order valence-electron chi connectivity index (χ2n) is 4.47. The number of nitrogens with zero attached hydrogens (tertiary/aromatic N) is 2. The normalized spacial score (nSPS) is 11.9. The van der Waals surface area contributed by atoms with Gasteiger partial charge in [0.2, 0.25) is 0 Å². The molecule has 0 saturated heterocycles. The van der Waals surface area contributed by atoms with Crippen molar-refractivity contribution >= 4 is 5.71 Å². The molecule has 0 aromatic carbocycles. The summed E-state index contributed by atoms with van der Waals surface area (Å²) in [5.74, 6) is 0.0298. The Labute approximate surface area is 108 Å². The van der Waals surface area contributed by atoms with Crippen molar-refractivity contribution in [3.63, 3.8) is 0 Å². The largest absolute Gasteiger partial charge is 0.507 e. The molecular formula is C14H22N2O2. The van der Waals surface area contributed by atoms with Gasteiger partial charge < -0.3 is 9.67 Å². The number of aromatic hydroxyl groups is 1. The average Bonchev–Trinajstić information content (AvgIpc) is 2.31. The van der Waals surface area contributed by atoms with Crippen molar-refractivity contribution in [2.45, 2.75) is 47.1 Å². The van der Waals surface area contributed by atoms with Crippen LogP contribution in [0, 0.1) is 6.92 Å². The van der Waals surface area contributed by atoms with Crippen LogP contribution in [-0.2, 0) is 6.54 Å². The maximum Gasteiger partial charge on any atom is 0.263 e. The molecule has 0 radical (unpaired) electrons. The SMILES string of the molecule is CCCN=C(C)c1c(O)cc(C)n(CCC)c1=O. The third-order valence-electron chi connectivity index (χ3n) is 2.87. The summed E-state index contributed by atoms with van der Waals surface area (Å²) in [7, 11) is 0. The average molecular weight is 250 g/mol. The quantitative estimate of drug-likeness (QED) is 0.816. The zero-order valence-electron chi connectivity index (χ0n) is 11.7. The van der Waals surface area contributed by atoms with Crippen molar-refractivity contribution in [1.82, 2.24) is 4.57 Å². The number of aromatic nitrogens is 1. The Bertz CT molecular complexity index is 501. The van der Waals surface area contributed by atoms with Crippen LogP contribution in [0.3, 0.4) is 0 Å². The number of aliphatic imine (C=N–C) groups is 1. The predicted molar refractivity (Wildman–Crippen MR) is 74.8 cm³/mol.